The van der Waals surface area contributed by atoms with E-state index in [0.29, 0.717) is 5.06 Å². The third-order valence-corrected chi connectivity index (χ3v) is 2.60. The molecule has 20 heavy (non-hydrogen) atoms. The molecule has 9 heteroatoms. The SMILES string of the molecule is CCON1C(=O)C2=NC=NC2(OCC)N(OCC)C1=O. The fraction of sp³-hybridized carbons (Fsp3) is 0.636. The van der Waals surface area contributed by atoms with Crippen LogP contribution in [-0.2, 0) is 19.2 Å². The van der Waals surface area contributed by atoms with E-state index in [4.69, 9.17) is 14.4 Å². The van der Waals surface area contributed by atoms with Gasteiger partial charge in [-0.3, -0.25) is 14.5 Å². The Kier molecular flexibility index (Phi) is 4.12. The number of amides is 3. The zero-order chi connectivity index (χ0) is 14.8. The second-order valence-corrected chi connectivity index (χ2v) is 3.78. The summed E-state index contributed by atoms with van der Waals surface area (Å²) in [5.41, 5.74) is -0.0687. The molecular weight excluding hydrogens is 268 g/mol. The molecule has 1 saturated heterocycles. The minimum absolute atomic E-state index is 0.0687. The summed E-state index contributed by atoms with van der Waals surface area (Å²) >= 11 is 0. The maximum atomic E-state index is 12.3. The van der Waals surface area contributed by atoms with E-state index in [9.17, 15) is 9.59 Å². The monoisotopic (exact) mass is 284 g/mol. The van der Waals surface area contributed by atoms with Crippen LogP contribution >= 0.6 is 0 Å². The Labute approximate surface area is 115 Å². The third-order valence-electron chi connectivity index (χ3n) is 2.60. The van der Waals surface area contributed by atoms with Gasteiger partial charge in [0.15, 0.2) is 5.71 Å². The lowest BCUT2D eigenvalue weighted by molar-refractivity contribution is -0.264. The maximum Gasteiger partial charge on any atom is 0.380 e. The average Bonchev–Trinajstić information content (AvgIpc) is 2.85. The number of carbonyl (C=O) groups excluding carboxylic acids is 2. The molecule has 9 nitrogen and oxygen atoms in total. The molecule has 1 unspecified atom stereocenters. The summed E-state index contributed by atoms with van der Waals surface area (Å²) in [6, 6.07) is -0.801. The summed E-state index contributed by atoms with van der Waals surface area (Å²) < 4.78 is 5.48. The van der Waals surface area contributed by atoms with Gasteiger partial charge in [-0.2, -0.15) is 0 Å². The fourth-order valence-electron chi connectivity index (χ4n) is 1.93. The van der Waals surface area contributed by atoms with Gasteiger partial charge in [0.2, 0.25) is 0 Å². The highest BCUT2D eigenvalue weighted by Crippen LogP contribution is 2.31. The Bertz CT molecular complexity index is 477. The van der Waals surface area contributed by atoms with Gasteiger partial charge < -0.3 is 4.74 Å². The third kappa shape index (κ3) is 1.99. The number of aliphatic imine (C=N–C) groups is 2. The van der Waals surface area contributed by atoms with Gasteiger partial charge in [0.25, 0.3) is 0 Å². The highest BCUT2D eigenvalue weighted by atomic mass is 16.8. The standard InChI is InChI=1S/C11H16N4O5/c1-4-18-11-8(12-7-13-11)9(16)14(19-5-2)10(17)15(11)20-6-3/h7H,4-6H2,1-3H3. The van der Waals surface area contributed by atoms with Crippen molar-refractivity contribution in [3.8, 4) is 0 Å². The van der Waals surface area contributed by atoms with Crippen LogP contribution in [0.5, 0.6) is 0 Å². The number of hydrogen-bond acceptors (Lipinski definition) is 7. The van der Waals surface area contributed by atoms with Crippen molar-refractivity contribution in [3.05, 3.63) is 0 Å². The van der Waals surface area contributed by atoms with Crippen molar-refractivity contribution in [2.45, 2.75) is 26.6 Å². The highest BCUT2D eigenvalue weighted by molar-refractivity contribution is 6.47. The minimum atomic E-state index is -1.66. The van der Waals surface area contributed by atoms with Crippen LogP contribution in [0.15, 0.2) is 9.98 Å². The van der Waals surface area contributed by atoms with Crippen LogP contribution in [0.1, 0.15) is 20.8 Å². The van der Waals surface area contributed by atoms with Gasteiger partial charge in [0, 0.05) is 6.61 Å². The van der Waals surface area contributed by atoms with E-state index in [1.54, 1.807) is 20.8 Å². The molecule has 1 fully saturated rings. The number of ether oxygens (including phenoxy) is 1. The number of imide groups is 1. The van der Waals surface area contributed by atoms with E-state index in [1.165, 1.54) is 0 Å². The summed E-state index contributed by atoms with van der Waals surface area (Å²) in [6.07, 6.45) is 1.16. The molecule has 0 aromatic heterocycles. The molecule has 0 aromatic rings. The highest BCUT2D eigenvalue weighted by Gasteiger charge is 2.60. The van der Waals surface area contributed by atoms with Gasteiger partial charge in [-0.05, 0) is 20.8 Å². The van der Waals surface area contributed by atoms with Gasteiger partial charge in [-0.25, -0.2) is 14.8 Å². The molecule has 0 spiro atoms. The Hall–Kier alpha value is -1.84. The minimum Gasteiger partial charge on any atom is -0.330 e. The van der Waals surface area contributed by atoms with Crippen molar-refractivity contribution in [2.75, 3.05) is 19.8 Å². The van der Waals surface area contributed by atoms with Crippen molar-refractivity contribution >= 4 is 24.0 Å². The predicted molar refractivity (Wildman–Crippen MR) is 67.6 cm³/mol. The summed E-state index contributed by atoms with van der Waals surface area (Å²) in [5.74, 6) is -2.37. The lowest BCUT2D eigenvalue weighted by Crippen LogP contribution is -2.68. The van der Waals surface area contributed by atoms with E-state index in [1.807, 2.05) is 0 Å². The molecule has 1 atom stereocenters. The van der Waals surface area contributed by atoms with Crippen LogP contribution < -0.4 is 0 Å². The molecule has 2 heterocycles. The molecule has 110 valence electrons. The zero-order valence-electron chi connectivity index (χ0n) is 11.5. The zero-order valence-corrected chi connectivity index (χ0v) is 11.5. The first-order chi connectivity index (χ1) is 9.62. The van der Waals surface area contributed by atoms with E-state index in [0.717, 1.165) is 11.4 Å². The van der Waals surface area contributed by atoms with Crippen LogP contribution in [-0.4, -0.2) is 59.8 Å². The van der Waals surface area contributed by atoms with Gasteiger partial charge in [0.05, 0.1) is 13.2 Å². The summed E-state index contributed by atoms with van der Waals surface area (Å²) in [7, 11) is 0. The normalized spacial score (nSPS) is 25.2. The predicted octanol–water partition coefficient (Wildman–Crippen LogP) is 0.327. The number of urea groups is 1. The molecule has 2 aliphatic rings. The number of nitrogens with zero attached hydrogens (tertiary/aromatic N) is 4. The molecule has 0 aliphatic carbocycles. The van der Waals surface area contributed by atoms with Crippen molar-refractivity contribution < 1.29 is 24.0 Å². The quantitative estimate of drug-likeness (QED) is 0.700. The van der Waals surface area contributed by atoms with E-state index >= 15 is 0 Å². The first kappa shape index (κ1) is 14.6. The lowest BCUT2D eigenvalue weighted by atomic mass is 10.2. The molecule has 0 radical (unpaired) electrons. The van der Waals surface area contributed by atoms with Crippen molar-refractivity contribution in [1.29, 1.82) is 0 Å². The van der Waals surface area contributed by atoms with Crippen LogP contribution in [0.2, 0.25) is 0 Å². The average molecular weight is 284 g/mol. The summed E-state index contributed by atoms with van der Waals surface area (Å²) in [4.78, 5) is 42.8. The van der Waals surface area contributed by atoms with Gasteiger partial charge in [-0.15, -0.1) is 10.1 Å². The van der Waals surface area contributed by atoms with Crippen LogP contribution in [0.4, 0.5) is 4.79 Å². The Morgan fingerprint density at radius 3 is 2.45 bits per heavy atom. The summed E-state index contributed by atoms with van der Waals surface area (Å²) in [6.45, 7) is 5.63. The lowest BCUT2D eigenvalue weighted by Gasteiger charge is -2.41. The van der Waals surface area contributed by atoms with Gasteiger partial charge >= 0.3 is 17.8 Å². The first-order valence-corrected chi connectivity index (χ1v) is 6.32. The summed E-state index contributed by atoms with van der Waals surface area (Å²) in [5, 5.41) is 1.47. The molecule has 0 N–H and O–H groups in total. The molecule has 2 aliphatic heterocycles. The molecular formula is C11H16N4O5. The fourth-order valence-corrected chi connectivity index (χ4v) is 1.93. The van der Waals surface area contributed by atoms with E-state index < -0.39 is 17.8 Å². The second-order valence-electron chi connectivity index (χ2n) is 3.78. The van der Waals surface area contributed by atoms with Crippen LogP contribution in [0.25, 0.3) is 0 Å². The molecule has 0 saturated carbocycles. The van der Waals surface area contributed by atoms with Gasteiger partial charge in [-0.1, -0.05) is 0 Å². The van der Waals surface area contributed by atoms with E-state index in [-0.39, 0.29) is 25.5 Å². The van der Waals surface area contributed by atoms with Gasteiger partial charge in [0.1, 0.15) is 6.34 Å². The number of fused-ring (bicyclic) bond motifs is 1. The molecule has 0 bridgehead atoms. The largest absolute Gasteiger partial charge is 0.380 e. The Morgan fingerprint density at radius 2 is 1.85 bits per heavy atom. The smallest absolute Gasteiger partial charge is 0.330 e. The molecule has 3 amide bonds. The Morgan fingerprint density at radius 1 is 1.15 bits per heavy atom. The van der Waals surface area contributed by atoms with Crippen LogP contribution in [0, 0.1) is 0 Å². The number of rotatable bonds is 6. The van der Waals surface area contributed by atoms with Crippen molar-refractivity contribution in [2.24, 2.45) is 9.98 Å². The number of carbonyl (C=O) groups is 2. The second kappa shape index (κ2) is 5.65. The number of hydroxylamine groups is 4. The van der Waals surface area contributed by atoms with E-state index in [2.05, 4.69) is 9.98 Å². The van der Waals surface area contributed by atoms with Crippen molar-refractivity contribution in [1.82, 2.24) is 10.1 Å². The Balaban J connectivity index is 2.44. The molecule has 2 rings (SSSR count). The van der Waals surface area contributed by atoms with Crippen molar-refractivity contribution in [3.63, 3.8) is 0 Å². The maximum absolute atomic E-state index is 12.3. The van der Waals surface area contributed by atoms with Crippen LogP contribution in [0.3, 0.4) is 0 Å². The number of hydrogen-bond donors (Lipinski definition) is 0. The first-order valence-electron chi connectivity index (χ1n) is 6.32. The molecule has 0 aromatic carbocycles. The topological polar surface area (TPSA) is 93.0 Å².